The molecule has 0 N–H and O–H groups in total. The van der Waals surface area contributed by atoms with Gasteiger partial charge in [-0.15, -0.1) is 0 Å². The van der Waals surface area contributed by atoms with E-state index in [2.05, 4.69) is 0 Å². The zero-order valence-corrected chi connectivity index (χ0v) is 10.5. The van der Waals surface area contributed by atoms with Gasteiger partial charge in [-0.25, -0.2) is 17.6 Å². The van der Waals surface area contributed by atoms with Crippen molar-refractivity contribution in [3.63, 3.8) is 0 Å². The van der Waals surface area contributed by atoms with E-state index in [1.807, 2.05) is 0 Å². The Morgan fingerprint density at radius 3 is 2.56 bits per heavy atom. The molecule has 1 saturated heterocycles. The number of carbonyl (C=O) groups is 1. The standard InChI is InChI=1S/C10H8ClFO5S/c11-18(14,15)9-2-6(1-7(12)3-9)10(13)17-8-4-16-5-8/h1-3,8H,4-5H2. The fourth-order valence-electron chi connectivity index (χ4n) is 1.32. The summed E-state index contributed by atoms with van der Waals surface area (Å²) in [5, 5.41) is 0. The molecule has 0 spiro atoms. The third kappa shape index (κ3) is 2.98. The van der Waals surface area contributed by atoms with E-state index in [1.165, 1.54) is 0 Å². The summed E-state index contributed by atoms with van der Waals surface area (Å²) in [6, 6.07) is 2.58. The van der Waals surface area contributed by atoms with E-state index in [9.17, 15) is 17.6 Å². The maximum absolute atomic E-state index is 13.2. The van der Waals surface area contributed by atoms with Gasteiger partial charge in [0.15, 0.2) is 0 Å². The van der Waals surface area contributed by atoms with Gasteiger partial charge in [0, 0.05) is 10.7 Å². The molecule has 0 unspecified atom stereocenters. The van der Waals surface area contributed by atoms with E-state index in [-0.39, 0.29) is 24.9 Å². The molecule has 98 valence electrons. The van der Waals surface area contributed by atoms with E-state index >= 15 is 0 Å². The molecule has 0 radical (unpaired) electrons. The molecule has 1 fully saturated rings. The lowest BCUT2D eigenvalue weighted by Crippen LogP contribution is -2.37. The average molecular weight is 295 g/mol. The number of benzene rings is 1. The Labute approximate surface area is 107 Å². The van der Waals surface area contributed by atoms with Gasteiger partial charge in [0.25, 0.3) is 9.05 Å². The van der Waals surface area contributed by atoms with E-state index in [0.717, 1.165) is 18.2 Å². The second kappa shape index (κ2) is 4.83. The topological polar surface area (TPSA) is 69.7 Å². The minimum Gasteiger partial charge on any atom is -0.454 e. The third-order valence-corrected chi connectivity index (χ3v) is 3.60. The smallest absolute Gasteiger partial charge is 0.338 e. The molecule has 5 nitrogen and oxygen atoms in total. The highest BCUT2D eigenvalue weighted by Crippen LogP contribution is 2.20. The molecule has 1 aliphatic rings. The lowest BCUT2D eigenvalue weighted by Gasteiger charge is -2.25. The molecule has 0 amide bonds. The Hall–Kier alpha value is -1.18. The van der Waals surface area contributed by atoms with E-state index in [4.69, 9.17) is 20.2 Å². The molecule has 0 bridgehead atoms. The van der Waals surface area contributed by atoms with Crippen LogP contribution in [0.4, 0.5) is 4.39 Å². The van der Waals surface area contributed by atoms with Gasteiger partial charge in [-0.3, -0.25) is 0 Å². The largest absolute Gasteiger partial charge is 0.454 e. The van der Waals surface area contributed by atoms with Crippen LogP contribution in [0, 0.1) is 5.82 Å². The van der Waals surface area contributed by atoms with Crippen LogP contribution in [0.15, 0.2) is 23.1 Å². The first-order valence-electron chi connectivity index (χ1n) is 4.90. The van der Waals surface area contributed by atoms with Gasteiger partial charge in [-0.1, -0.05) is 0 Å². The van der Waals surface area contributed by atoms with E-state index in [1.54, 1.807) is 0 Å². The molecule has 0 aliphatic carbocycles. The summed E-state index contributed by atoms with van der Waals surface area (Å²) >= 11 is 0. The molecule has 18 heavy (non-hydrogen) atoms. The van der Waals surface area contributed by atoms with Crippen LogP contribution in [0.3, 0.4) is 0 Å². The maximum atomic E-state index is 13.2. The van der Waals surface area contributed by atoms with Gasteiger partial charge >= 0.3 is 5.97 Å². The number of carbonyl (C=O) groups excluding carboxylic acids is 1. The van der Waals surface area contributed by atoms with Gasteiger partial charge in [-0.2, -0.15) is 0 Å². The Morgan fingerprint density at radius 1 is 1.39 bits per heavy atom. The van der Waals surface area contributed by atoms with Crippen molar-refractivity contribution >= 4 is 25.7 Å². The molecule has 1 aliphatic heterocycles. The summed E-state index contributed by atoms with van der Waals surface area (Å²) in [5.74, 6) is -1.70. The van der Waals surface area contributed by atoms with Crippen molar-refractivity contribution in [2.75, 3.05) is 13.2 Å². The summed E-state index contributed by atoms with van der Waals surface area (Å²) in [6.45, 7) is 0.559. The summed E-state index contributed by atoms with van der Waals surface area (Å²) in [5.41, 5.74) is -0.207. The SMILES string of the molecule is O=C(OC1COC1)c1cc(F)cc(S(=O)(=O)Cl)c1. The van der Waals surface area contributed by atoms with Crippen LogP contribution in [-0.4, -0.2) is 33.7 Å². The van der Waals surface area contributed by atoms with Crippen LogP contribution in [-0.2, 0) is 18.5 Å². The molecule has 0 atom stereocenters. The maximum Gasteiger partial charge on any atom is 0.338 e. The zero-order valence-electron chi connectivity index (χ0n) is 8.93. The number of rotatable bonds is 3. The Morgan fingerprint density at radius 2 is 2.06 bits per heavy atom. The first-order valence-corrected chi connectivity index (χ1v) is 7.21. The van der Waals surface area contributed by atoms with Crippen molar-refractivity contribution in [2.45, 2.75) is 11.0 Å². The molecule has 1 aromatic rings. The quantitative estimate of drug-likeness (QED) is 0.621. The minimum atomic E-state index is -4.10. The van der Waals surface area contributed by atoms with Crippen molar-refractivity contribution in [3.05, 3.63) is 29.6 Å². The molecule has 2 rings (SSSR count). The Kier molecular flexibility index (Phi) is 3.56. The van der Waals surface area contributed by atoms with Crippen molar-refractivity contribution in [3.8, 4) is 0 Å². The van der Waals surface area contributed by atoms with Crippen LogP contribution in [0.25, 0.3) is 0 Å². The molecule has 1 heterocycles. The summed E-state index contributed by atoms with van der Waals surface area (Å²) in [4.78, 5) is 11.1. The van der Waals surface area contributed by atoms with Crippen LogP contribution in [0.2, 0.25) is 0 Å². The lowest BCUT2D eigenvalue weighted by atomic mass is 10.2. The highest BCUT2D eigenvalue weighted by molar-refractivity contribution is 8.13. The Balaban J connectivity index is 2.27. The predicted molar refractivity (Wildman–Crippen MR) is 59.5 cm³/mol. The van der Waals surface area contributed by atoms with Crippen LogP contribution >= 0.6 is 10.7 Å². The number of ether oxygens (including phenoxy) is 2. The highest BCUT2D eigenvalue weighted by atomic mass is 35.7. The second-order valence-corrected chi connectivity index (χ2v) is 6.24. The van der Waals surface area contributed by atoms with Crippen LogP contribution < -0.4 is 0 Å². The molecule has 1 aromatic carbocycles. The van der Waals surface area contributed by atoms with Gasteiger partial charge in [0.05, 0.1) is 23.7 Å². The van der Waals surface area contributed by atoms with Crippen LogP contribution in [0.1, 0.15) is 10.4 Å². The monoisotopic (exact) mass is 294 g/mol. The van der Waals surface area contributed by atoms with Crippen molar-refractivity contribution in [1.29, 1.82) is 0 Å². The number of halogens is 2. The fraction of sp³-hybridized carbons (Fsp3) is 0.300. The third-order valence-electron chi connectivity index (χ3n) is 2.27. The zero-order chi connectivity index (χ0) is 13.3. The highest BCUT2D eigenvalue weighted by Gasteiger charge is 2.24. The normalized spacial score (nSPS) is 16.1. The summed E-state index contributed by atoms with van der Waals surface area (Å²) in [7, 11) is 0.983. The first kappa shape index (κ1) is 13.3. The number of esters is 1. The van der Waals surface area contributed by atoms with E-state index < -0.39 is 25.7 Å². The van der Waals surface area contributed by atoms with Crippen LogP contribution in [0.5, 0.6) is 0 Å². The van der Waals surface area contributed by atoms with Gasteiger partial charge < -0.3 is 9.47 Å². The Bertz CT molecular complexity index is 582. The molecular formula is C10H8ClFO5S. The average Bonchev–Trinajstić information content (AvgIpc) is 2.21. The van der Waals surface area contributed by atoms with Crippen molar-refractivity contribution in [2.24, 2.45) is 0 Å². The van der Waals surface area contributed by atoms with Gasteiger partial charge in [0.2, 0.25) is 0 Å². The van der Waals surface area contributed by atoms with E-state index in [0.29, 0.717) is 0 Å². The van der Waals surface area contributed by atoms with Crippen molar-refractivity contribution < 1.29 is 27.1 Å². The molecule has 0 saturated carbocycles. The summed E-state index contributed by atoms with van der Waals surface area (Å²) in [6.07, 6.45) is -0.378. The molecule has 8 heteroatoms. The van der Waals surface area contributed by atoms with Crippen molar-refractivity contribution in [1.82, 2.24) is 0 Å². The number of hydrogen-bond acceptors (Lipinski definition) is 5. The lowest BCUT2D eigenvalue weighted by molar-refractivity contribution is -0.103. The molecule has 0 aromatic heterocycles. The second-order valence-electron chi connectivity index (χ2n) is 3.68. The summed E-state index contributed by atoms with van der Waals surface area (Å²) < 4.78 is 45.1. The van der Waals surface area contributed by atoms with Gasteiger partial charge in [0.1, 0.15) is 11.9 Å². The van der Waals surface area contributed by atoms with Gasteiger partial charge in [-0.05, 0) is 18.2 Å². The first-order chi connectivity index (χ1) is 8.36. The number of hydrogen-bond donors (Lipinski definition) is 0. The fourth-order valence-corrected chi connectivity index (χ4v) is 2.11. The molecular weight excluding hydrogens is 287 g/mol. The minimum absolute atomic E-state index is 0.207. The predicted octanol–water partition coefficient (Wildman–Crippen LogP) is 1.31.